The molecule has 7 heteroatoms. The number of carbonyl (C=O) groups is 2. The molecule has 0 saturated carbocycles. The highest BCUT2D eigenvalue weighted by molar-refractivity contribution is 5.96. The van der Waals surface area contributed by atoms with Gasteiger partial charge in [-0.1, -0.05) is 12.1 Å². The molecule has 1 atom stereocenters. The highest BCUT2D eigenvalue weighted by Crippen LogP contribution is 2.38. The molecule has 30 heavy (non-hydrogen) atoms. The van der Waals surface area contributed by atoms with Crippen molar-refractivity contribution in [2.24, 2.45) is 0 Å². The molecule has 1 aliphatic rings. The minimum absolute atomic E-state index is 0.0964. The largest absolute Gasteiger partial charge is 0.497 e. The standard InChI is InChI=1S/C23H28N2O5/c1-15-7-8-16(23(27)30-4)12-19(15)24-22(26)14-25-11-5-6-20(25)18-10-9-17(28-2)13-21(18)29-3/h7-10,12-13,20H,5-6,11,14H2,1-4H3,(H,24,26)/t20-/m0/s1. The Morgan fingerprint density at radius 1 is 1.10 bits per heavy atom. The van der Waals surface area contributed by atoms with E-state index in [4.69, 9.17) is 14.2 Å². The average molecular weight is 412 g/mol. The summed E-state index contributed by atoms with van der Waals surface area (Å²) in [6, 6.07) is 11.0. The van der Waals surface area contributed by atoms with Gasteiger partial charge >= 0.3 is 5.97 Å². The first-order valence-corrected chi connectivity index (χ1v) is 9.91. The number of methoxy groups -OCH3 is 3. The van der Waals surface area contributed by atoms with Crippen molar-refractivity contribution >= 4 is 17.6 Å². The number of ether oxygens (including phenoxy) is 3. The fourth-order valence-electron chi connectivity index (χ4n) is 3.84. The van der Waals surface area contributed by atoms with Crippen molar-refractivity contribution in [3.8, 4) is 11.5 Å². The zero-order valence-corrected chi connectivity index (χ0v) is 17.9. The van der Waals surface area contributed by atoms with E-state index in [1.807, 2.05) is 25.1 Å². The molecule has 3 rings (SSSR count). The Hall–Kier alpha value is -3.06. The smallest absolute Gasteiger partial charge is 0.337 e. The number of esters is 1. The normalized spacial score (nSPS) is 16.2. The summed E-state index contributed by atoms with van der Waals surface area (Å²) in [6.45, 7) is 2.97. The van der Waals surface area contributed by atoms with Gasteiger partial charge in [0.05, 0.1) is 33.4 Å². The van der Waals surface area contributed by atoms with E-state index in [0.717, 1.165) is 42.0 Å². The van der Waals surface area contributed by atoms with Crippen LogP contribution in [0.5, 0.6) is 11.5 Å². The maximum atomic E-state index is 12.8. The number of hydrogen-bond donors (Lipinski definition) is 1. The van der Waals surface area contributed by atoms with E-state index in [1.165, 1.54) is 7.11 Å². The van der Waals surface area contributed by atoms with Crippen LogP contribution in [0, 0.1) is 6.92 Å². The molecule has 1 amide bonds. The fraction of sp³-hybridized carbons (Fsp3) is 0.391. The van der Waals surface area contributed by atoms with Crippen molar-refractivity contribution in [3.63, 3.8) is 0 Å². The minimum atomic E-state index is -0.434. The number of benzene rings is 2. The summed E-state index contributed by atoms with van der Waals surface area (Å²) in [7, 11) is 4.60. The van der Waals surface area contributed by atoms with E-state index in [-0.39, 0.29) is 18.5 Å². The second-order valence-electron chi connectivity index (χ2n) is 7.31. The molecule has 1 aliphatic heterocycles. The molecule has 2 aromatic carbocycles. The first kappa shape index (κ1) is 21.6. The van der Waals surface area contributed by atoms with Crippen LogP contribution in [-0.2, 0) is 9.53 Å². The van der Waals surface area contributed by atoms with E-state index in [0.29, 0.717) is 11.3 Å². The van der Waals surface area contributed by atoms with Gasteiger partial charge < -0.3 is 19.5 Å². The summed E-state index contributed by atoms with van der Waals surface area (Å²) < 4.78 is 15.6. The Morgan fingerprint density at radius 2 is 1.90 bits per heavy atom. The highest BCUT2D eigenvalue weighted by Gasteiger charge is 2.30. The lowest BCUT2D eigenvalue weighted by molar-refractivity contribution is -0.117. The van der Waals surface area contributed by atoms with Gasteiger partial charge in [0, 0.05) is 23.4 Å². The lowest BCUT2D eigenvalue weighted by Gasteiger charge is -2.26. The maximum absolute atomic E-state index is 12.8. The third kappa shape index (κ3) is 4.74. The van der Waals surface area contributed by atoms with Crippen LogP contribution in [-0.4, -0.2) is 51.2 Å². The summed E-state index contributed by atoms with van der Waals surface area (Å²) in [6.07, 6.45) is 1.96. The molecule has 1 heterocycles. The zero-order chi connectivity index (χ0) is 21.7. The van der Waals surface area contributed by atoms with Crippen LogP contribution < -0.4 is 14.8 Å². The quantitative estimate of drug-likeness (QED) is 0.701. The molecule has 1 fully saturated rings. The van der Waals surface area contributed by atoms with Gasteiger partial charge in [0.2, 0.25) is 5.91 Å². The van der Waals surface area contributed by atoms with Gasteiger partial charge in [-0.25, -0.2) is 4.79 Å². The molecule has 0 radical (unpaired) electrons. The van der Waals surface area contributed by atoms with Gasteiger partial charge in [0.25, 0.3) is 0 Å². The number of nitrogens with one attached hydrogen (secondary N) is 1. The maximum Gasteiger partial charge on any atom is 0.337 e. The van der Waals surface area contributed by atoms with Crippen LogP contribution in [0.1, 0.15) is 40.4 Å². The van der Waals surface area contributed by atoms with Crippen molar-refractivity contribution in [2.45, 2.75) is 25.8 Å². The van der Waals surface area contributed by atoms with Crippen molar-refractivity contribution in [1.29, 1.82) is 0 Å². The lowest BCUT2D eigenvalue weighted by atomic mass is 10.0. The predicted molar refractivity (Wildman–Crippen MR) is 114 cm³/mol. The summed E-state index contributed by atoms with van der Waals surface area (Å²) in [5.41, 5.74) is 2.94. The molecule has 0 aliphatic carbocycles. The molecule has 0 unspecified atom stereocenters. The monoisotopic (exact) mass is 412 g/mol. The van der Waals surface area contributed by atoms with Crippen LogP contribution in [0.3, 0.4) is 0 Å². The number of nitrogens with zero attached hydrogens (tertiary/aromatic N) is 1. The number of likely N-dealkylation sites (tertiary alicyclic amines) is 1. The average Bonchev–Trinajstić information content (AvgIpc) is 3.21. The Bertz CT molecular complexity index is 928. The summed E-state index contributed by atoms with van der Waals surface area (Å²) in [5.74, 6) is 0.934. The number of aryl methyl sites for hydroxylation is 1. The molecular weight excluding hydrogens is 384 g/mol. The Kier molecular flexibility index (Phi) is 6.95. The van der Waals surface area contributed by atoms with Gasteiger partial charge in [0.15, 0.2) is 0 Å². The first-order chi connectivity index (χ1) is 14.5. The van der Waals surface area contributed by atoms with Crippen LogP contribution in [0.25, 0.3) is 0 Å². The number of anilines is 1. The molecular formula is C23H28N2O5. The molecule has 1 N–H and O–H groups in total. The van der Waals surface area contributed by atoms with Crippen molar-refractivity contribution in [2.75, 3.05) is 39.7 Å². The number of rotatable bonds is 7. The number of amides is 1. The third-order valence-corrected chi connectivity index (χ3v) is 5.44. The van der Waals surface area contributed by atoms with E-state index < -0.39 is 5.97 Å². The topological polar surface area (TPSA) is 77.1 Å². The van der Waals surface area contributed by atoms with Crippen LogP contribution in [0.4, 0.5) is 5.69 Å². The zero-order valence-electron chi connectivity index (χ0n) is 17.9. The van der Waals surface area contributed by atoms with Gasteiger partial charge in [-0.15, -0.1) is 0 Å². The molecule has 2 aromatic rings. The Balaban J connectivity index is 1.73. The predicted octanol–water partition coefficient (Wildman–Crippen LogP) is 3.57. The van der Waals surface area contributed by atoms with E-state index >= 15 is 0 Å². The lowest BCUT2D eigenvalue weighted by Crippen LogP contribution is -2.33. The second-order valence-corrected chi connectivity index (χ2v) is 7.31. The van der Waals surface area contributed by atoms with Crippen molar-refractivity contribution < 1.29 is 23.8 Å². The Morgan fingerprint density at radius 3 is 2.60 bits per heavy atom. The minimum Gasteiger partial charge on any atom is -0.497 e. The van der Waals surface area contributed by atoms with Gasteiger partial charge in [-0.05, 0) is 50.1 Å². The van der Waals surface area contributed by atoms with Crippen molar-refractivity contribution in [1.82, 2.24) is 4.90 Å². The molecule has 0 aromatic heterocycles. The Labute approximate surface area is 176 Å². The van der Waals surface area contributed by atoms with Crippen molar-refractivity contribution in [3.05, 3.63) is 53.1 Å². The van der Waals surface area contributed by atoms with Crippen LogP contribution in [0.15, 0.2) is 36.4 Å². The van der Waals surface area contributed by atoms with Gasteiger partial charge in [-0.2, -0.15) is 0 Å². The van der Waals surface area contributed by atoms with E-state index in [1.54, 1.807) is 32.4 Å². The van der Waals surface area contributed by atoms with E-state index in [9.17, 15) is 9.59 Å². The summed E-state index contributed by atoms with van der Waals surface area (Å²) in [5, 5.41) is 2.94. The molecule has 0 spiro atoms. The molecule has 160 valence electrons. The molecule has 0 bridgehead atoms. The third-order valence-electron chi connectivity index (χ3n) is 5.44. The first-order valence-electron chi connectivity index (χ1n) is 9.91. The number of hydrogen-bond acceptors (Lipinski definition) is 6. The van der Waals surface area contributed by atoms with Crippen LogP contribution >= 0.6 is 0 Å². The summed E-state index contributed by atoms with van der Waals surface area (Å²) in [4.78, 5) is 26.7. The van der Waals surface area contributed by atoms with Gasteiger partial charge in [0.1, 0.15) is 11.5 Å². The molecule has 7 nitrogen and oxygen atoms in total. The second kappa shape index (κ2) is 9.63. The van der Waals surface area contributed by atoms with Crippen LogP contribution in [0.2, 0.25) is 0 Å². The highest BCUT2D eigenvalue weighted by atomic mass is 16.5. The molecule has 1 saturated heterocycles. The SMILES string of the molecule is COC(=O)c1ccc(C)c(NC(=O)CN2CCC[C@H]2c2ccc(OC)cc2OC)c1. The van der Waals surface area contributed by atoms with Gasteiger partial charge in [-0.3, -0.25) is 9.69 Å². The summed E-state index contributed by atoms with van der Waals surface area (Å²) >= 11 is 0. The fourth-order valence-corrected chi connectivity index (χ4v) is 3.84. The number of carbonyl (C=O) groups excluding carboxylic acids is 2. The van der Waals surface area contributed by atoms with E-state index in [2.05, 4.69) is 10.2 Å².